The average Bonchev–Trinajstić information content (AvgIpc) is 3.38. The fraction of sp³-hybridized carbons (Fsp3) is 0.351. The van der Waals surface area contributed by atoms with Crippen molar-refractivity contribution in [3.05, 3.63) is 87.8 Å². The third-order valence-corrected chi connectivity index (χ3v) is 10.2. The minimum absolute atomic E-state index is 0.0264. The number of rotatable bonds is 12. The lowest BCUT2D eigenvalue weighted by Crippen LogP contribution is -2.49. The number of carboxylic acid groups (broad SMARTS) is 1. The summed E-state index contributed by atoms with van der Waals surface area (Å²) in [6.45, 7) is 8.36. The first-order chi connectivity index (χ1) is 25.4. The number of carbonyl (C=O) groups excluding carboxylic acids is 2. The molecule has 0 spiro atoms. The highest BCUT2D eigenvalue weighted by Crippen LogP contribution is 2.40. The van der Waals surface area contributed by atoms with E-state index < -0.39 is 41.3 Å². The van der Waals surface area contributed by atoms with E-state index in [2.05, 4.69) is 29.0 Å². The van der Waals surface area contributed by atoms with E-state index in [1.807, 2.05) is 0 Å². The summed E-state index contributed by atoms with van der Waals surface area (Å²) in [6.07, 6.45) is -8.83. The summed E-state index contributed by atoms with van der Waals surface area (Å²) in [4.78, 5) is 43.1. The molecule has 2 N–H and O–H groups in total. The van der Waals surface area contributed by atoms with Crippen LogP contribution in [0.4, 0.5) is 32.0 Å². The zero-order valence-electron chi connectivity index (χ0n) is 29.1. The van der Waals surface area contributed by atoms with E-state index in [1.54, 1.807) is 0 Å². The van der Waals surface area contributed by atoms with Gasteiger partial charge < -0.3 is 15.2 Å². The van der Waals surface area contributed by atoms with Crippen LogP contribution in [0.15, 0.2) is 65.6 Å². The molecule has 0 saturated carbocycles. The molecule has 17 heteroatoms. The van der Waals surface area contributed by atoms with Gasteiger partial charge in [0.25, 0.3) is 5.91 Å². The number of piperazine rings is 1. The van der Waals surface area contributed by atoms with E-state index in [9.17, 15) is 40.7 Å². The molecule has 0 radical (unpaired) electrons. The van der Waals surface area contributed by atoms with Crippen LogP contribution in [0.3, 0.4) is 0 Å². The minimum atomic E-state index is -5.04. The van der Waals surface area contributed by atoms with Gasteiger partial charge in [-0.25, -0.2) is 4.79 Å². The highest BCUT2D eigenvalue weighted by atomic mass is 32.2. The summed E-state index contributed by atoms with van der Waals surface area (Å²) in [5.74, 6) is -1.89. The highest BCUT2D eigenvalue weighted by Gasteiger charge is 2.37. The number of halogens is 6. The quantitative estimate of drug-likeness (QED) is 0.108. The Morgan fingerprint density at radius 2 is 1.54 bits per heavy atom. The number of carbonyl (C=O) groups is 3. The van der Waals surface area contributed by atoms with Crippen molar-refractivity contribution in [3.8, 4) is 16.9 Å². The molecule has 3 aromatic carbocycles. The van der Waals surface area contributed by atoms with Crippen LogP contribution in [0.5, 0.6) is 5.75 Å². The van der Waals surface area contributed by atoms with Crippen LogP contribution in [0.25, 0.3) is 17.2 Å². The molecule has 0 aromatic heterocycles. The molecule has 54 heavy (non-hydrogen) atoms. The van der Waals surface area contributed by atoms with Crippen LogP contribution in [0.2, 0.25) is 0 Å². The number of thioether (sulfide) groups is 1. The molecular weight excluding hydrogens is 759 g/mol. The van der Waals surface area contributed by atoms with Gasteiger partial charge in [0.2, 0.25) is 5.91 Å². The Labute approximate surface area is 316 Å². The Bertz CT molecular complexity index is 1890. The van der Waals surface area contributed by atoms with Gasteiger partial charge in [-0.1, -0.05) is 30.0 Å². The molecule has 0 unspecified atom stereocenters. The van der Waals surface area contributed by atoms with Crippen LogP contribution in [0.1, 0.15) is 47.3 Å². The molecule has 2 fully saturated rings. The largest absolute Gasteiger partial charge is 0.492 e. The summed E-state index contributed by atoms with van der Waals surface area (Å²) in [5.41, 5.74) is -2.62. The summed E-state index contributed by atoms with van der Waals surface area (Å²) >= 11 is 6.34. The number of alkyl halides is 6. The van der Waals surface area contributed by atoms with Crippen molar-refractivity contribution in [3.63, 3.8) is 0 Å². The molecule has 2 amide bonds. The predicted molar refractivity (Wildman–Crippen MR) is 197 cm³/mol. The van der Waals surface area contributed by atoms with Crippen molar-refractivity contribution in [2.75, 3.05) is 51.2 Å². The lowest BCUT2D eigenvalue weighted by Gasteiger charge is -2.36. The number of aromatic carboxylic acids is 1. The van der Waals surface area contributed by atoms with Crippen LogP contribution in [0, 0.1) is 0 Å². The molecule has 2 saturated heterocycles. The molecule has 2 aliphatic rings. The Kier molecular flexibility index (Phi) is 12.8. The second-order valence-electron chi connectivity index (χ2n) is 12.9. The van der Waals surface area contributed by atoms with Gasteiger partial charge >= 0.3 is 18.3 Å². The molecule has 288 valence electrons. The van der Waals surface area contributed by atoms with Gasteiger partial charge in [0, 0.05) is 63.0 Å². The Balaban J connectivity index is 1.38. The van der Waals surface area contributed by atoms with Crippen LogP contribution in [-0.2, 0) is 21.9 Å². The van der Waals surface area contributed by atoms with E-state index in [0.717, 1.165) is 37.9 Å². The molecule has 9 nitrogen and oxygen atoms in total. The lowest BCUT2D eigenvalue weighted by atomic mass is 9.97. The molecule has 5 rings (SSSR count). The first kappa shape index (κ1) is 40.7. The molecule has 2 aliphatic heterocycles. The summed E-state index contributed by atoms with van der Waals surface area (Å²) in [5, 5.41) is 11.7. The number of nitrogens with one attached hydrogen (secondary N) is 1. The molecule has 0 aliphatic carbocycles. The third kappa shape index (κ3) is 10.4. The van der Waals surface area contributed by atoms with Crippen LogP contribution >= 0.6 is 24.0 Å². The van der Waals surface area contributed by atoms with Gasteiger partial charge in [-0.15, -0.1) is 0 Å². The minimum Gasteiger partial charge on any atom is -0.492 e. The maximum absolute atomic E-state index is 13.7. The van der Waals surface area contributed by atoms with Crippen LogP contribution < -0.4 is 10.1 Å². The maximum Gasteiger partial charge on any atom is 0.416 e. The van der Waals surface area contributed by atoms with Crippen molar-refractivity contribution in [2.45, 2.75) is 38.7 Å². The third-order valence-electron chi connectivity index (χ3n) is 8.87. The van der Waals surface area contributed by atoms with E-state index in [1.165, 1.54) is 53.4 Å². The van der Waals surface area contributed by atoms with Crippen molar-refractivity contribution < 1.29 is 50.6 Å². The number of thiocarbonyl (C=S) groups is 1. The zero-order chi connectivity index (χ0) is 39.4. The van der Waals surface area contributed by atoms with E-state index in [-0.39, 0.29) is 62.9 Å². The number of hydrogen-bond donors (Lipinski definition) is 2. The fourth-order valence-electron chi connectivity index (χ4n) is 5.85. The van der Waals surface area contributed by atoms with Gasteiger partial charge in [0.1, 0.15) is 16.7 Å². The second-order valence-corrected chi connectivity index (χ2v) is 14.6. The average molecular weight is 795 g/mol. The smallest absolute Gasteiger partial charge is 0.416 e. The molecule has 0 atom stereocenters. The van der Waals surface area contributed by atoms with Crippen molar-refractivity contribution in [2.24, 2.45) is 0 Å². The van der Waals surface area contributed by atoms with Gasteiger partial charge in [-0.3, -0.25) is 24.3 Å². The van der Waals surface area contributed by atoms with Gasteiger partial charge in [0.05, 0.1) is 21.6 Å². The van der Waals surface area contributed by atoms with Gasteiger partial charge in [-0.2, -0.15) is 26.3 Å². The van der Waals surface area contributed by atoms with E-state index in [0.29, 0.717) is 30.4 Å². The first-order valence-electron chi connectivity index (χ1n) is 16.8. The summed E-state index contributed by atoms with van der Waals surface area (Å²) in [7, 11) is 0. The van der Waals surface area contributed by atoms with Crippen molar-refractivity contribution >= 4 is 57.8 Å². The Morgan fingerprint density at radius 1 is 0.907 bits per heavy atom. The predicted octanol–water partition coefficient (Wildman–Crippen LogP) is 7.72. The molecule has 2 heterocycles. The van der Waals surface area contributed by atoms with Crippen molar-refractivity contribution in [1.29, 1.82) is 0 Å². The monoisotopic (exact) mass is 794 g/mol. The van der Waals surface area contributed by atoms with E-state index >= 15 is 0 Å². The fourth-order valence-corrected chi connectivity index (χ4v) is 7.15. The Hall–Kier alpha value is -4.45. The summed E-state index contributed by atoms with van der Waals surface area (Å²) < 4.78 is 88.4. The molecular formula is C37H36F6N4O5S2. The number of amides is 2. The van der Waals surface area contributed by atoms with Gasteiger partial charge in [0.15, 0.2) is 0 Å². The second kappa shape index (κ2) is 16.9. The SMILES string of the molecule is CC(C)N1CCN(CCOc2ccc(-c3cc(C(F)(F)F)cc(C(F)(F)F)c3)cc2C=C2SC(=S)N(CCC(=O)Nc3ccc(C(=O)O)cc3)C2=O)CC1. The highest BCUT2D eigenvalue weighted by molar-refractivity contribution is 8.26. The Morgan fingerprint density at radius 3 is 2.11 bits per heavy atom. The van der Waals surface area contributed by atoms with Gasteiger partial charge in [-0.05, 0) is 85.6 Å². The topological polar surface area (TPSA) is 102 Å². The zero-order valence-corrected chi connectivity index (χ0v) is 30.7. The first-order valence-corrected chi connectivity index (χ1v) is 18.0. The molecule has 0 bridgehead atoms. The van der Waals surface area contributed by atoms with E-state index in [4.69, 9.17) is 22.1 Å². The number of nitrogens with zero attached hydrogens (tertiary/aromatic N) is 3. The number of ether oxygens (including phenoxy) is 1. The number of hydrogen-bond acceptors (Lipinski definition) is 8. The lowest BCUT2D eigenvalue weighted by molar-refractivity contribution is -0.143. The van der Waals surface area contributed by atoms with Crippen LogP contribution in [-0.4, -0.2) is 93.8 Å². The maximum atomic E-state index is 13.7. The number of anilines is 1. The summed E-state index contributed by atoms with van der Waals surface area (Å²) in [6, 6.07) is 11.4. The number of carboxylic acids is 1. The van der Waals surface area contributed by atoms with Crippen molar-refractivity contribution in [1.82, 2.24) is 14.7 Å². The normalized spacial score (nSPS) is 16.8. The standard InChI is InChI=1S/C37H36F6N4O5S2/c1-22(2)46-13-11-45(12-14-46)15-16-52-30-8-5-24(25-18-27(36(38,39)40)21-28(19-25)37(41,42)43)17-26(30)20-31-33(49)47(35(53)54-31)10-9-32(48)44-29-6-3-23(4-7-29)34(50)51/h3-8,17-22H,9-16H2,1-2H3,(H,44,48)(H,50,51). The number of benzene rings is 3. The molecule has 3 aromatic rings.